The summed E-state index contributed by atoms with van der Waals surface area (Å²) >= 11 is 0. The van der Waals surface area contributed by atoms with Gasteiger partial charge in [-0.3, -0.25) is 4.90 Å². The minimum atomic E-state index is 0.433. The monoisotopic (exact) mass is 375 g/mol. The van der Waals surface area contributed by atoms with Crippen molar-refractivity contribution in [1.82, 2.24) is 19.7 Å². The van der Waals surface area contributed by atoms with Crippen molar-refractivity contribution in [1.29, 1.82) is 0 Å². The molecule has 0 N–H and O–H groups in total. The van der Waals surface area contributed by atoms with E-state index in [1.165, 1.54) is 37.1 Å². The highest BCUT2D eigenvalue weighted by atomic mass is 15.4. The van der Waals surface area contributed by atoms with Crippen molar-refractivity contribution in [2.75, 3.05) is 32.1 Å². The van der Waals surface area contributed by atoms with Crippen molar-refractivity contribution in [3.8, 4) is 11.4 Å². The molecule has 3 aromatic rings. The van der Waals surface area contributed by atoms with Crippen LogP contribution in [0, 0.1) is 0 Å². The molecule has 5 nitrogen and oxygen atoms in total. The lowest BCUT2D eigenvalue weighted by Crippen LogP contribution is -2.23. The number of anilines is 1. The third-order valence-electron chi connectivity index (χ3n) is 5.54. The van der Waals surface area contributed by atoms with Crippen LogP contribution in [0.4, 0.5) is 5.95 Å². The number of likely N-dealkylation sites (tertiary alicyclic amines) is 1. The zero-order valence-corrected chi connectivity index (χ0v) is 17.0. The Labute approximate surface area is 167 Å². The van der Waals surface area contributed by atoms with Crippen LogP contribution in [0.2, 0.25) is 0 Å². The van der Waals surface area contributed by atoms with Crippen molar-refractivity contribution in [2.45, 2.75) is 32.4 Å². The summed E-state index contributed by atoms with van der Waals surface area (Å²) in [5, 5.41) is 4.85. The van der Waals surface area contributed by atoms with Gasteiger partial charge in [0.15, 0.2) is 5.82 Å². The maximum atomic E-state index is 4.85. The van der Waals surface area contributed by atoms with E-state index in [1.54, 1.807) is 0 Å². The summed E-state index contributed by atoms with van der Waals surface area (Å²) in [6, 6.07) is 19.6. The van der Waals surface area contributed by atoms with Crippen LogP contribution < -0.4 is 4.90 Å². The van der Waals surface area contributed by atoms with Crippen LogP contribution in [0.3, 0.4) is 0 Å². The smallest absolute Gasteiger partial charge is 0.224 e. The molecule has 2 aromatic carbocycles. The number of hydrogen-bond donors (Lipinski definition) is 0. The van der Waals surface area contributed by atoms with E-state index in [-0.39, 0.29) is 0 Å². The Morgan fingerprint density at radius 2 is 1.75 bits per heavy atom. The second-order valence-corrected chi connectivity index (χ2v) is 7.82. The molecule has 0 amide bonds. The third-order valence-corrected chi connectivity index (χ3v) is 5.54. The van der Waals surface area contributed by atoms with Gasteiger partial charge >= 0.3 is 0 Å². The summed E-state index contributed by atoms with van der Waals surface area (Å²) < 4.78 is 1.99. The molecule has 0 bridgehead atoms. The van der Waals surface area contributed by atoms with Crippen LogP contribution in [0.5, 0.6) is 0 Å². The molecular weight excluding hydrogens is 346 g/mol. The summed E-state index contributed by atoms with van der Waals surface area (Å²) in [7, 11) is 4.03. The van der Waals surface area contributed by atoms with E-state index in [0.29, 0.717) is 12.6 Å². The molecule has 146 valence electrons. The predicted octanol–water partition coefficient (Wildman–Crippen LogP) is 4.22. The molecule has 1 aromatic heterocycles. The molecule has 1 atom stereocenters. The van der Waals surface area contributed by atoms with Gasteiger partial charge in [0, 0.05) is 25.7 Å². The van der Waals surface area contributed by atoms with Gasteiger partial charge in [0.1, 0.15) is 0 Å². The Morgan fingerprint density at radius 3 is 2.46 bits per heavy atom. The lowest BCUT2D eigenvalue weighted by atomic mass is 10.0. The molecule has 0 saturated carbocycles. The topological polar surface area (TPSA) is 37.2 Å². The van der Waals surface area contributed by atoms with Crippen molar-refractivity contribution in [3.05, 3.63) is 65.7 Å². The van der Waals surface area contributed by atoms with E-state index in [2.05, 4.69) is 60.4 Å². The van der Waals surface area contributed by atoms with Crippen molar-refractivity contribution in [3.63, 3.8) is 0 Å². The van der Waals surface area contributed by atoms with E-state index in [4.69, 9.17) is 10.1 Å². The molecule has 28 heavy (non-hydrogen) atoms. The van der Waals surface area contributed by atoms with Crippen molar-refractivity contribution < 1.29 is 0 Å². The number of nitrogens with zero attached hydrogens (tertiary/aromatic N) is 5. The number of benzene rings is 2. The number of aromatic nitrogens is 3. The lowest BCUT2D eigenvalue weighted by molar-refractivity contribution is 0.263. The van der Waals surface area contributed by atoms with E-state index >= 15 is 0 Å². The molecule has 0 unspecified atom stereocenters. The zero-order chi connectivity index (χ0) is 19.5. The van der Waals surface area contributed by atoms with E-state index < -0.39 is 0 Å². The second kappa shape index (κ2) is 8.15. The van der Waals surface area contributed by atoms with Gasteiger partial charge in [-0.05, 0) is 50.0 Å². The van der Waals surface area contributed by atoms with Crippen LogP contribution in [0.25, 0.3) is 11.4 Å². The van der Waals surface area contributed by atoms with E-state index in [1.807, 2.05) is 29.7 Å². The highest BCUT2D eigenvalue weighted by Crippen LogP contribution is 2.28. The van der Waals surface area contributed by atoms with Crippen LogP contribution in [0.15, 0.2) is 54.6 Å². The van der Waals surface area contributed by atoms with Crippen LogP contribution >= 0.6 is 0 Å². The molecule has 1 saturated heterocycles. The Kier molecular flexibility index (Phi) is 5.44. The number of rotatable bonds is 6. The van der Waals surface area contributed by atoms with Crippen molar-refractivity contribution in [2.24, 2.45) is 0 Å². The van der Waals surface area contributed by atoms with Crippen LogP contribution in [0.1, 0.15) is 36.9 Å². The molecule has 1 fully saturated rings. The Hall–Kier alpha value is -2.66. The quantitative estimate of drug-likeness (QED) is 0.647. The first-order valence-corrected chi connectivity index (χ1v) is 10.1. The molecule has 1 aliphatic heterocycles. The van der Waals surface area contributed by atoms with Gasteiger partial charge in [0.05, 0.1) is 6.54 Å². The summed E-state index contributed by atoms with van der Waals surface area (Å²) in [6.45, 7) is 5.41. The Balaban J connectivity index is 1.63. The molecular formula is C23H29N5. The van der Waals surface area contributed by atoms with Crippen LogP contribution in [-0.4, -0.2) is 46.8 Å². The average Bonchev–Trinajstić information content (AvgIpc) is 3.39. The minimum Gasteiger partial charge on any atom is -0.347 e. The predicted molar refractivity (Wildman–Crippen MR) is 115 cm³/mol. The van der Waals surface area contributed by atoms with Crippen LogP contribution in [-0.2, 0) is 6.54 Å². The first kappa shape index (κ1) is 18.7. The summed E-state index contributed by atoms with van der Waals surface area (Å²) in [5.41, 5.74) is 3.64. The lowest BCUT2D eigenvalue weighted by Gasteiger charge is -2.24. The minimum absolute atomic E-state index is 0.433. The highest BCUT2D eigenvalue weighted by Gasteiger charge is 2.20. The second-order valence-electron chi connectivity index (χ2n) is 7.82. The molecule has 2 heterocycles. The fraction of sp³-hybridized carbons (Fsp3) is 0.391. The summed E-state index contributed by atoms with van der Waals surface area (Å²) in [4.78, 5) is 9.42. The maximum absolute atomic E-state index is 4.85. The first-order valence-electron chi connectivity index (χ1n) is 10.1. The molecule has 1 aliphatic rings. The highest BCUT2D eigenvalue weighted by molar-refractivity contribution is 5.58. The van der Waals surface area contributed by atoms with E-state index in [9.17, 15) is 0 Å². The van der Waals surface area contributed by atoms with Gasteiger partial charge < -0.3 is 4.90 Å². The molecule has 5 heteroatoms. The SMILES string of the molecule is C[C@@H](c1cccc(-c2nc(N(C)C)n(Cc3ccccc3)n2)c1)N1CCCC1. The fourth-order valence-corrected chi connectivity index (χ4v) is 3.93. The Bertz CT molecular complexity index is 910. The zero-order valence-electron chi connectivity index (χ0n) is 17.0. The van der Waals surface area contributed by atoms with Gasteiger partial charge in [0.2, 0.25) is 5.95 Å². The van der Waals surface area contributed by atoms with E-state index in [0.717, 1.165) is 17.3 Å². The first-order chi connectivity index (χ1) is 13.6. The largest absolute Gasteiger partial charge is 0.347 e. The number of hydrogen-bond acceptors (Lipinski definition) is 4. The van der Waals surface area contributed by atoms with Gasteiger partial charge in [0.25, 0.3) is 0 Å². The normalized spacial score (nSPS) is 15.7. The molecule has 0 radical (unpaired) electrons. The third kappa shape index (κ3) is 3.94. The molecule has 0 aliphatic carbocycles. The summed E-state index contributed by atoms with van der Waals surface area (Å²) in [5.74, 6) is 1.66. The average molecular weight is 376 g/mol. The Morgan fingerprint density at radius 1 is 1.00 bits per heavy atom. The van der Waals surface area contributed by atoms with Gasteiger partial charge in [-0.1, -0.05) is 48.5 Å². The van der Waals surface area contributed by atoms with Gasteiger partial charge in [-0.2, -0.15) is 4.98 Å². The molecule has 0 spiro atoms. The van der Waals surface area contributed by atoms with Gasteiger partial charge in [-0.15, -0.1) is 5.10 Å². The maximum Gasteiger partial charge on any atom is 0.224 e. The molecule has 4 rings (SSSR count). The fourth-order valence-electron chi connectivity index (χ4n) is 3.93. The van der Waals surface area contributed by atoms with Crippen molar-refractivity contribution >= 4 is 5.95 Å². The summed E-state index contributed by atoms with van der Waals surface area (Å²) in [6.07, 6.45) is 2.61. The van der Waals surface area contributed by atoms with Gasteiger partial charge in [-0.25, -0.2) is 4.68 Å². The standard InChI is InChI=1S/C23H29N5/c1-18(27-14-7-8-15-27)20-12-9-13-21(16-20)22-24-23(26(2)3)28(25-22)17-19-10-5-4-6-11-19/h4-6,9-13,16,18H,7-8,14-15,17H2,1-3H3/t18-/m0/s1.